The SMILES string of the molecule is C=CCc1ccccc1OCC(=O)N/N=C\c1ccc(OC(=O)c2cccc(C)c2)cc1. The minimum atomic E-state index is -0.419. The molecule has 0 aliphatic heterocycles. The van der Waals surface area contributed by atoms with Crippen LogP contribution < -0.4 is 14.9 Å². The van der Waals surface area contributed by atoms with Crippen LogP contribution in [0.5, 0.6) is 11.5 Å². The van der Waals surface area contributed by atoms with E-state index in [4.69, 9.17) is 9.47 Å². The molecule has 0 unspecified atom stereocenters. The summed E-state index contributed by atoms with van der Waals surface area (Å²) in [5, 5.41) is 3.93. The van der Waals surface area contributed by atoms with E-state index < -0.39 is 5.97 Å². The van der Waals surface area contributed by atoms with Gasteiger partial charge in [0.15, 0.2) is 6.61 Å². The molecule has 0 aromatic heterocycles. The van der Waals surface area contributed by atoms with Gasteiger partial charge in [0, 0.05) is 0 Å². The Morgan fingerprint density at radius 3 is 2.56 bits per heavy atom. The average Bonchev–Trinajstić information content (AvgIpc) is 2.80. The Hall–Kier alpha value is -4.19. The number of hydrogen-bond acceptors (Lipinski definition) is 5. The lowest BCUT2D eigenvalue weighted by Crippen LogP contribution is -2.24. The van der Waals surface area contributed by atoms with Crippen molar-refractivity contribution < 1.29 is 19.1 Å². The van der Waals surface area contributed by atoms with Crippen LogP contribution in [-0.2, 0) is 11.2 Å². The molecule has 32 heavy (non-hydrogen) atoms. The van der Waals surface area contributed by atoms with E-state index in [1.165, 1.54) is 6.21 Å². The number of hydrogen-bond donors (Lipinski definition) is 1. The van der Waals surface area contributed by atoms with Gasteiger partial charge in [-0.1, -0.05) is 42.0 Å². The Morgan fingerprint density at radius 2 is 1.81 bits per heavy atom. The van der Waals surface area contributed by atoms with E-state index >= 15 is 0 Å². The molecule has 0 atom stereocenters. The Kier molecular flexibility index (Phi) is 7.92. The molecule has 0 bridgehead atoms. The zero-order valence-electron chi connectivity index (χ0n) is 17.8. The van der Waals surface area contributed by atoms with Gasteiger partial charge < -0.3 is 9.47 Å². The van der Waals surface area contributed by atoms with Crippen LogP contribution in [-0.4, -0.2) is 24.7 Å². The quantitative estimate of drug-likeness (QED) is 0.179. The van der Waals surface area contributed by atoms with Crippen molar-refractivity contribution in [2.24, 2.45) is 5.10 Å². The maximum Gasteiger partial charge on any atom is 0.343 e. The third-order valence-corrected chi connectivity index (χ3v) is 4.44. The fourth-order valence-electron chi connectivity index (χ4n) is 2.88. The third kappa shape index (κ3) is 6.67. The fourth-order valence-corrected chi connectivity index (χ4v) is 2.88. The average molecular weight is 428 g/mol. The number of amides is 1. The van der Waals surface area contributed by atoms with Crippen molar-refractivity contribution in [1.82, 2.24) is 5.43 Å². The molecule has 3 rings (SSSR count). The normalized spacial score (nSPS) is 10.5. The van der Waals surface area contributed by atoms with Crippen LogP contribution in [0.3, 0.4) is 0 Å². The first-order valence-electron chi connectivity index (χ1n) is 10.1. The van der Waals surface area contributed by atoms with E-state index in [0.717, 1.165) is 16.7 Å². The summed E-state index contributed by atoms with van der Waals surface area (Å²) in [5.74, 6) is 0.266. The largest absolute Gasteiger partial charge is 0.483 e. The second-order valence-corrected chi connectivity index (χ2v) is 7.01. The molecule has 1 N–H and O–H groups in total. The Morgan fingerprint density at radius 1 is 1.03 bits per heavy atom. The van der Waals surface area contributed by atoms with Crippen LogP contribution in [0.1, 0.15) is 27.0 Å². The first kappa shape index (κ1) is 22.5. The number of esters is 1. The summed E-state index contributed by atoms with van der Waals surface area (Å²) >= 11 is 0. The van der Waals surface area contributed by atoms with Gasteiger partial charge in [-0.3, -0.25) is 4.79 Å². The number of carbonyl (C=O) groups excluding carboxylic acids is 2. The first-order valence-corrected chi connectivity index (χ1v) is 10.1. The molecule has 3 aromatic rings. The number of ether oxygens (including phenoxy) is 2. The van der Waals surface area contributed by atoms with E-state index in [1.807, 2.05) is 43.3 Å². The number of para-hydroxylation sites is 1. The predicted molar refractivity (Wildman–Crippen MR) is 124 cm³/mol. The molecule has 0 aliphatic carbocycles. The van der Waals surface area contributed by atoms with Crippen LogP contribution >= 0.6 is 0 Å². The maximum absolute atomic E-state index is 12.2. The molecular weight excluding hydrogens is 404 g/mol. The molecule has 0 heterocycles. The number of allylic oxidation sites excluding steroid dienone is 1. The molecule has 0 saturated carbocycles. The maximum atomic E-state index is 12.2. The molecule has 6 heteroatoms. The van der Waals surface area contributed by atoms with Gasteiger partial charge in [-0.2, -0.15) is 5.10 Å². The molecular formula is C26H24N2O4. The van der Waals surface area contributed by atoms with Gasteiger partial charge in [-0.15, -0.1) is 6.58 Å². The standard InChI is InChI=1S/C26H24N2O4/c1-3-7-21-9-4-5-11-24(21)31-18-25(29)28-27-17-20-12-14-23(15-13-20)32-26(30)22-10-6-8-19(2)16-22/h3-6,8-17H,1,7,18H2,2H3,(H,28,29)/b27-17-. The molecule has 3 aromatic carbocycles. The van der Waals surface area contributed by atoms with Gasteiger partial charge in [-0.25, -0.2) is 10.2 Å². The van der Waals surface area contributed by atoms with Crippen molar-refractivity contribution in [3.8, 4) is 11.5 Å². The second kappa shape index (κ2) is 11.3. The topological polar surface area (TPSA) is 77.0 Å². The van der Waals surface area contributed by atoms with Gasteiger partial charge in [0.1, 0.15) is 11.5 Å². The molecule has 0 radical (unpaired) electrons. The zero-order valence-corrected chi connectivity index (χ0v) is 17.8. The van der Waals surface area contributed by atoms with Crippen molar-refractivity contribution >= 4 is 18.1 Å². The highest BCUT2D eigenvalue weighted by Crippen LogP contribution is 2.18. The van der Waals surface area contributed by atoms with E-state index in [2.05, 4.69) is 17.1 Å². The summed E-state index contributed by atoms with van der Waals surface area (Å²) in [6.45, 7) is 5.48. The van der Waals surface area contributed by atoms with E-state index in [0.29, 0.717) is 23.5 Å². The number of nitrogens with one attached hydrogen (secondary N) is 1. The Labute approximate surface area is 187 Å². The lowest BCUT2D eigenvalue weighted by Gasteiger charge is -2.09. The highest BCUT2D eigenvalue weighted by Gasteiger charge is 2.08. The lowest BCUT2D eigenvalue weighted by molar-refractivity contribution is -0.123. The molecule has 0 spiro atoms. The van der Waals surface area contributed by atoms with Crippen molar-refractivity contribution in [2.75, 3.05) is 6.61 Å². The van der Waals surface area contributed by atoms with Gasteiger partial charge in [0.2, 0.25) is 0 Å². The van der Waals surface area contributed by atoms with Gasteiger partial charge in [0.05, 0.1) is 11.8 Å². The molecule has 162 valence electrons. The smallest absolute Gasteiger partial charge is 0.343 e. The lowest BCUT2D eigenvalue weighted by atomic mass is 10.1. The Balaban J connectivity index is 1.48. The first-order chi connectivity index (χ1) is 15.5. The minimum Gasteiger partial charge on any atom is -0.483 e. The van der Waals surface area contributed by atoms with Crippen molar-refractivity contribution in [2.45, 2.75) is 13.3 Å². The molecule has 6 nitrogen and oxygen atoms in total. The van der Waals surface area contributed by atoms with Crippen molar-refractivity contribution in [3.63, 3.8) is 0 Å². The molecule has 0 fully saturated rings. The van der Waals surface area contributed by atoms with E-state index in [-0.39, 0.29) is 12.5 Å². The highest BCUT2D eigenvalue weighted by atomic mass is 16.5. The van der Waals surface area contributed by atoms with Crippen LogP contribution in [0, 0.1) is 6.92 Å². The summed E-state index contributed by atoms with van der Waals surface area (Å²) < 4.78 is 10.9. The summed E-state index contributed by atoms with van der Waals surface area (Å²) in [6, 6.07) is 21.5. The number of aryl methyl sites for hydroxylation is 1. The molecule has 1 amide bonds. The summed E-state index contributed by atoms with van der Waals surface area (Å²) in [4.78, 5) is 24.2. The number of rotatable bonds is 9. The second-order valence-electron chi connectivity index (χ2n) is 7.01. The highest BCUT2D eigenvalue weighted by molar-refractivity contribution is 5.91. The van der Waals surface area contributed by atoms with Crippen LogP contribution in [0.4, 0.5) is 0 Å². The fraction of sp³-hybridized carbons (Fsp3) is 0.115. The van der Waals surface area contributed by atoms with E-state index in [9.17, 15) is 9.59 Å². The summed E-state index contributed by atoms with van der Waals surface area (Å²) in [6.07, 6.45) is 3.93. The van der Waals surface area contributed by atoms with Crippen LogP contribution in [0.25, 0.3) is 0 Å². The van der Waals surface area contributed by atoms with Gasteiger partial charge >= 0.3 is 5.97 Å². The summed E-state index contributed by atoms with van der Waals surface area (Å²) in [5.41, 5.74) is 5.60. The Bertz CT molecular complexity index is 1120. The number of hydrazone groups is 1. The van der Waals surface area contributed by atoms with E-state index in [1.54, 1.807) is 42.5 Å². The van der Waals surface area contributed by atoms with Crippen LogP contribution in [0.2, 0.25) is 0 Å². The van der Waals surface area contributed by atoms with Crippen LogP contribution in [0.15, 0.2) is 90.6 Å². The van der Waals surface area contributed by atoms with Crippen molar-refractivity contribution in [3.05, 3.63) is 108 Å². The predicted octanol–water partition coefficient (Wildman–Crippen LogP) is 4.47. The molecule has 0 aliphatic rings. The molecule has 0 saturated heterocycles. The van der Waals surface area contributed by atoms with Gasteiger partial charge in [0.25, 0.3) is 5.91 Å². The summed E-state index contributed by atoms with van der Waals surface area (Å²) in [7, 11) is 0. The third-order valence-electron chi connectivity index (χ3n) is 4.44. The monoisotopic (exact) mass is 428 g/mol. The zero-order chi connectivity index (χ0) is 22.8. The number of benzene rings is 3. The number of carbonyl (C=O) groups is 2. The minimum absolute atomic E-state index is 0.153. The van der Waals surface area contributed by atoms with Crippen molar-refractivity contribution in [1.29, 1.82) is 0 Å². The van der Waals surface area contributed by atoms with Gasteiger partial charge in [-0.05, 0) is 66.9 Å². The number of nitrogens with zero attached hydrogens (tertiary/aromatic N) is 1.